The van der Waals surface area contributed by atoms with Crippen molar-refractivity contribution in [2.45, 2.75) is 4.90 Å². The molecule has 138 valence electrons. The first-order chi connectivity index (χ1) is 13.8. The zero-order valence-electron chi connectivity index (χ0n) is 15.4. The lowest BCUT2D eigenvalue weighted by Gasteiger charge is -2.08. The van der Waals surface area contributed by atoms with Crippen LogP contribution in [-0.2, 0) is 0 Å². The van der Waals surface area contributed by atoms with Gasteiger partial charge in [0.1, 0.15) is 5.82 Å². The minimum atomic E-state index is 0.517. The second-order valence-electron chi connectivity index (χ2n) is 5.95. The van der Waals surface area contributed by atoms with E-state index >= 15 is 0 Å². The van der Waals surface area contributed by atoms with Crippen LogP contribution < -0.4 is 10.6 Å². The maximum atomic E-state index is 4.53. The van der Waals surface area contributed by atoms with Crippen molar-refractivity contribution in [1.82, 2.24) is 20.2 Å². The van der Waals surface area contributed by atoms with Gasteiger partial charge in [0.25, 0.3) is 0 Å². The van der Waals surface area contributed by atoms with Gasteiger partial charge in [0, 0.05) is 28.6 Å². The summed E-state index contributed by atoms with van der Waals surface area (Å²) in [6.07, 6.45) is 5.56. The van der Waals surface area contributed by atoms with Crippen molar-refractivity contribution >= 4 is 40.1 Å². The largest absolute Gasteiger partial charge is 0.372 e. The van der Waals surface area contributed by atoms with Gasteiger partial charge < -0.3 is 10.6 Å². The summed E-state index contributed by atoms with van der Waals surface area (Å²) in [7, 11) is 1.82. The number of anilines is 3. The monoisotopic (exact) mass is 386 g/mol. The maximum Gasteiger partial charge on any atom is 0.229 e. The van der Waals surface area contributed by atoms with Crippen molar-refractivity contribution in [3.05, 3.63) is 66.0 Å². The number of thioether (sulfide) groups is 1. The van der Waals surface area contributed by atoms with Gasteiger partial charge in [0.05, 0.1) is 23.5 Å². The minimum Gasteiger partial charge on any atom is -0.372 e. The molecule has 0 aliphatic carbocycles. The van der Waals surface area contributed by atoms with Crippen LogP contribution in [0.3, 0.4) is 0 Å². The number of fused-ring (bicyclic) bond motifs is 1. The molecule has 0 spiro atoms. The Bertz CT molecular complexity index is 1170. The van der Waals surface area contributed by atoms with Crippen molar-refractivity contribution in [1.29, 1.82) is 0 Å². The lowest BCUT2D eigenvalue weighted by Crippen LogP contribution is -2.03. The summed E-state index contributed by atoms with van der Waals surface area (Å²) < 4.78 is 0. The van der Waals surface area contributed by atoms with Crippen molar-refractivity contribution in [3.8, 4) is 11.8 Å². The summed E-state index contributed by atoms with van der Waals surface area (Å²) in [4.78, 5) is 10.1. The van der Waals surface area contributed by atoms with E-state index in [2.05, 4.69) is 61.0 Å². The highest BCUT2D eigenvalue weighted by Gasteiger charge is 2.05. The van der Waals surface area contributed by atoms with Crippen LogP contribution >= 0.6 is 11.8 Å². The van der Waals surface area contributed by atoms with Crippen molar-refractivity contribution < 1.29 is 0 Å². The summed E-state index contributed by atoms with van der Waals surface area (Å²) in [5, 5.41) is 14.3. The zero-order chi connectivity index (χ0) is 19.3. The number of nitrogens with one attached hydrogen (secondary N) is 3. The Morgan fingerprint density at radius 3 is 2.61 bits per heavy atom. The molecule has 0 fully saturated rings. The van der Waals surface area contributed by atoms with E-state index in [4.69, 9.17) is 0 Å². The Morgan fingerprint density at radius 2 is 1.82 bits per heavy atom. The van der Waals surface area contributed by atoms with E-state index in [-0.39, 0.29) is 0 Å². The van der Waals surface area contributed by atoms with Crippen LogP contribution in [0.4, 0.5) is 17.5 Å². The number of H-pyrrole nitrogens is 1. The van der Waals surface area contributed by atoms with Crippen LogP contribution in [0.5, 0.6) is 0 Å². The van der Waals surface area contributed by atoms with E-state index in [1.165, 1.54) is 4.90 Å². The van der Waals surface area contributed by atoms with Crippen LogP contribution in [0.2, 0.25) is 0 Å². The molecule has 0 radical (unpaired) electrons. The van der Waals surface area contributed by atoms with Crippen LogP contribution in [0, 0.1) is 11.8 Å². The third-order valence-corrected chi connectivity index (χ3v) is 4.93. The molecule has 2 aromatic heterocycles. The van der Waals surface area contributed by atoms with Gasteiger partial charge in [-0.15, -0.1) is 11.8 Å². The lowest BCUT2D eigenvalue weighted by molar-refractivity contribution is 1.12. The van der Waals surface area contributed by atoms with E-state index in [0.717, 1.165) is 27.7 Å². The molecule has 0 unspecified atom stereocenters. The zero-order valence-corrected chi connectivity index (χ0v) is 16.3. The Balaban J connectivity index is 1.60. The van der Waals surface area contributed by atoms with E-state index in [9.17, 15) is 0 Å². The number of aromatic nitrogens is 4. The van der Waals surface area contributed by atoms with Crippen LogP contribution in [-0.4, -0.2) is 33.5 Å². The molecule has 2 heterocycles. The molecule has 0 aliphatic heterocycles. The Morgan fingerprint density at radius 1 is 1.00 bits per heavy atom. The quantitative estimate of drug-likeness (QED) is 0.359. The number of hydrogen-bond donors (Lipinski definition) is 3. The molecule has 0 amide bonds. The molecule has 7 heteroatoms. The van der Waals surface area contributed by atoms with Gasteiger partial charge in [-0.2, -0.15) is 10.1 Å². The molecule has 4 rings (SSSR count). The van der Waals surface area contributed by atoms with Gasteiger partial charge in [0.15, 0.2) is 0 Å². The molecule has 6 nitrogen and oxygen atoms in total. The van der Waals surface area contributed by atoms with E-state index in [0.29, 0.717) is 11.8 Å². The fraction of sp³-hybridized carbons (Fsp3) is 0.0952. The summed E-state index contributed by atoms with van der Waals surface area (Å²) in [6, 6.07) is 14.0. The molecule has 0 aliphatic rings. The Hall–Kier alpha value is -3.50. The highest BCUT2D eigenvalue weighted by atomic mass is 32.2. The van der Waals surface area contributed by atoms with Crippen LogP contribution in [0.25, 0.3) is 10.9 Å². The highest BCUT2D eigenvalue weighted by Crippen LogP contribution is 2.21. The van der Waals surface area contributed by atoms with E-state index in [1.807, 2.05) is 37.4 Å². The third-order valence-electron chi connectivity index (χ3n) is 4.19. The molecule has 4 aromatic rings. The first-order valence-corrected chi connectivity index (χ1v) is 9.89. The van der Waals surface area contributed by atoms with Crippen molar-refractivity contribution in [3.63, 3.8) is 0 Å². The minimum absolute atomic E-state index is 0.517. The molecule has 0 saturated carbocycles. The molecule has 0 atom stereocenters. The molecule has 0 bridgehead atoms. The number of benzene rings is 2. The smallest absolute Gasteiger partial charge is 0.229 e. The standard InChI is InChI=1S/C21H18N6S/c1-22-20-15(7-6-14-4-3-5-19-18(14)13-24-27-19)12-23-21(26-20)25-16-8-10-17(28-2)11-9-16/h3-5,8-13H,1-2H3,(H,24,27)(H2,22,23,25,26). The van der Waals surface area contributed by atoms with Gasteiger partial charge in [0.2, 0.25) is 5.95 Å². The summed E-state index contributed by atoms with van der Waals surface area (Å²) in [6.45, 7) is 0. The van der Waals surface area contributed by atoms with Gasteiger partial charge >= 0.3 is 0 Å². The molecular formula is C21H18N6S. The average Bonchev–Trinajstić information content (AvgIpc) is 3.23. The second kappa shape index (κ2) is 8.03. The van der Waals surface area contributed by atoms with E-state index in [1.54, 1.807) is 24.2 Å². The third kappa shape index (κ3) is 3.77. The van der Waals surface area contributed by atoms with Crippen LogP contribution in [0.1, 0.15) is 11.1 Å². The van der Waals surface area contributed by atoms with E-state index < -0.39 is 0 Å². The molecule has 3 N–H and O–H groups in total. The SMILES string of the molecule is CNc1nc(Nc2ccc(SC)cc2)ncc1C#Cc1cccc2[nH]ncc12. The van der Waals surface area contributed by atoms with Crippen LogP contribution in [0.15, 0.2) is 59.8 Å². The first-order valence-electron chi connectivity index (χ1n) is 8.67. The molecule has 0 saturated heterocycles. The van der Waals surface area contributed by atoms with Crippen molar-refractivity contribution in [2.24, 2.45) is 0 Å². The van der Waals surface area contributed by atoms with Gasteiger partial charge in [-0.3, -0.25) is 5.10 Å². The van der Waals surface area contributed by atoms with Gasteiger partial charge in [-0.1, -0.05) is 17.9 Å². The first kappa shape index (κ1) is 17.9. The Labute approximate surface area is 167 Å². The molecule has 2 aromatic carbocycles. The highest BCUT2D eigenvalue weighted by molar-refractivity contribution is 7.98. The number of rotatable bonds is 4. The topological polar surface area (TPSA) is 78.5 Å². The Kier molecular flexibility index (Phi) is 5.13. The second-order valence-corrected chi connectivity index (χ2v) is 6.83. The lowest BCUT2D eigenvalue weighted by atomic mass is 10.1. The maximum absolute atomic E-state index is 4.53. The van der Waals surface area contributed by atoms with Crippen molar-refractivity contribution in [2.75, 3.05) is 23.9 Å². The predicted octanol–water partition coefficient (Wildman–Crippen LogP) is 4.26. The summed E-state index contributed by atoms with van der Waals surface area (Å²) in [5.41, 5.74) is 3.53. The number of aromatic amines is 1. The van der Waals surface area contributed by atoms with Gasteiger partial charge in [-0.25, -0.2) is 4.98 Å². The van der Waals surface area contributed by atoms with Gasteiger partial charge in [-0.05, 0) is 42.7 Å². The number of nitrogens with zero attached hydrogens (tertiary/aromatic N) is 3. The molecule has 28 heavy (non-hydrogen) atoms. The molecular weight excluding hydrogens is 368 g/mol. The summed E-state index contributed by atoms with van der Waals surface area (Å²) >= 11 is 1.71. The fourth-order valence-corrected chi connectivity index (χ4v) is 3.15. The fourth-order valence-electron chi connectivity index (χ4n) is 2.74. The normalized spacial score (nSPS) is 10.4. The average molecular weight is 386 g/mol. The number of hydrogen-bond acceptors (Lipinski definition) is 6. The summed E-state index contributed by atoms with van der Waals surface area (Å²) in [5.74, 6) is 7.54. The predicted molar refractivity (Wildman–Crippen MR) is 115 cm³/mol.